The van der Waals surface area contributed by atoms with Crippen molar-refractivity contribution in [3.05, 3.63) is 29.3 Å². The molecule has 0 radical (unpaired) electrons. The van der Waals surface area contributed by atoms with E-state index in [1.165, 1.54) is 64.2 Å². The Hall–Kier alpha value is -0.600. The molecule has 3 heteroatoms. The van der Waals surface area contributed by atoms with Crippen LogP contribution in [0.4, 0.5) is 0 Å². The molecule has 0 amide bonds. The molecule has 0 aromatic heterocycles. The van der Waals surface area contributed by atoms with Crippen molar-refractivity contribution in [3.63, 3.8) is 0 Å². The summed E-state index contributed by atoms with van der Waals surface area (Å²) in [5.41, 5.74) is 0. The monoisotopic (exact) mass is 378 g/mol. The smallest absolute Gasteiger partial charge is 0.170 e. The average molecular weight is 379 g/mol. The van der Waals surface area contributed by atoms with Gasteiger partial charge < -0.3 is 4.74 Å². The molecule has 0 unspecified atom stereocenters. The number of hydrogen-bond donors (Lipinski definition) is 0. The Kier molecular flexibility index (Phi) is 7.18. The van der Waals surface area contributed by atoms with Crippen LogP contribution in [0.15, 0.2) is 24.3 Å². The number of rotatable bonds is 5. The standard InChI is InChI=1S/C22H31ClOS/c1-2-3-16-4-6-17(7-5-16)18-8-10-19(11-9-18)22(25)24-21-14-12-20(23)13-15-21/h12-19H,2-11H2,1H3. The third-order valence-corrected chi connectivity index (χ3v) is 7.06. The van der Waals surface area contributed by atoms with Gasteiger partial charge in [-0.25, -0.2) is 0 Å². The zero-order valence-electron chi connectivity index (χ0n) is 15.4. The lowest BCUT2D eigenvalue weighted by atomic mass is 9.69. The summed E-state index contributed by atoms with van der Waals surface area (Å²) in [6.07, 6.45) is 13.7. The molecule has 2 aliphatic rings. The first-order valence-electron chi connectivity index (χ1n) is 10.1. The average Bonchev–Trinajstić information content (AvgIpc) is 2.65. The van der Waals surface area contributed by atoms with Gasteiger partial charge in [-0.05, 0) is 92.8 Å². The van der Waals surface area contributed by atoms with Crippen LogP contribution >= 0.6 is 23.8 Å². The van der Waals surface area contributed by atoms with Gasteiger partial charge in [0.1, 0.15) is 5.75 Å². The third-order valence-electron chi connectivity index (χ3n) is 6.39. The lowest BCUT2D eigenvalue weighted by molar-refractivity contribution is 0.153. The first kappa shape index (κ1) is 19.2. The van der Waals surface area contributed by atoms with Gasteiger partial charge in [-0.15, -0.1) is 0 Å². The van der Waals surface area contributed by atoms with Crippen LogP contribution in [0.25, 0.3) is 0 Å². The van der Waals surface area contributed by atoms with Crippen molar-refractivity contribution >= 4 is 28.9 Å². The molecule has 0 bridgehead atoms. The summed E-state index contributed by atoms with van der Waals surface area (Å²) in [7, 11) is 0. The highest BCUT2D eigenvalue weighted by atomic mass is 35.5. The van der Waals surface area contributed by atoms with Crippen LogP contribution in [0, 0.1) is 23.7 Å². The normalized spacial score (nSPS) is 30.0. The van der Waals surface area contributed by atoms with Crippen LogP contribution in [-0.4, -0.2) is 5.05 Å². The van der Waals surface area contributed by atoms with Crippen molar-refractivity contribution < 1.29 is 4.74 Å². The van der Waals surface area contributed by atoms with E-state index in [0.29, 0.717) is 5.92 Å². The first-order valence-corrected chi connectivity index (χ1v) is 10.9. The highest BCUT2D eigenvalue weighted by molar-refractivity contribution is 7.80. The molecular formula is C22H31ClOS. The second kappa shape index (κ2) is 9.37. The van der Waals surface area contributed by atoms with Crippen molar-refractivity contribution in [2.75, 3.05) is 0 Å². The molecule has 0 spiro atoms. The van der Waals surface area contributed by atoms with Crippen LogP contribution in [0.3, 0.4) is 0 Å². The van der Waals surface area contributed by atoms with Crippen molar-refractivity contribution in [1.29, 1.82) is 0 Å². The van der Waals surface area contributed by atoms with Gasteiger partial charge in [0.25, 0.3) is 0 Å². The van der Waals surface area contributed by atoms with Crippen molar-refractivity contribution in [1.82, 2.24) is 0 Å². The largest absolute Gasteiger partial charge is 0.450 e. The number of thiocarbonyl (C=S) groups is 1. The van der Waals surface area contributed by atoms with Crippen LogP contribution in [0.5, 0.6) is 5.75 Å². The summed E-state index contributed by atoms with van der Waals surface area (Å²) in [6.45, 7) is 2.32. The Balaban J connectivity index is 1.42. The Morgan fingerprint density at radius 2 is 1.52 bits per heavy atom. The molecule has 3 rings (SSSR count). The molecular weight excluding hydrogens is 348 g/mol. The molecule has 0 N–H and O–H groups in total. The van der Waals surface area contributed by atoms with Crippen molar-refractivity contribution in [2.45, 2.75) is 71.1 Å². The maximum Gasteiger partial charge on any atom is 0.170 e. The molecule has 0 aliphatic heterocycles. The Morgan fingerprint density at radius 1 is 0.960 bits per heavy atom. The fraction of sp³-hybridized carbons (Fsp3) is 0.682. The predicted octanol–water partition coefficient (Wildman–Crippen LogP) is 7.46. The molecule has 25 heavy (non-hydrogen) atoms. The van der Waals surface area contributed by atoms with E-state index in [0.717, 1.165) is 33.6 Å². The number of halogens is 1. The van der Waals surface area contributed by atoms with E-state index in [1.54, 1.807) is 0 Å². The summed E-state index contributed by atoms with van der Waals surface area (Å²) < 4.78 is 5.90. The number of ether oxygens (including phenoxy) is 1. The zero-order chi connectivity index (χ0) is 17.6. The fourth-order valence-electron chi connectivity index (χ4n) is 4.88. The lowest BCUT2D eigenvalue weighted by Gasteiger charge is -2.37. The summed E-state index contributed by atoms with van der Waals surface area (Å²) in [4.78, 5) is 0. The highest BCUT2D eigenvalue weighted by Crippen LogP contribution is 2.42. The molecule has 2 aliphatic carbocycles. The fourth-order valence-corrected chi connectivity index (χ4v) is 5.34. The molecule has 1 aromatic rings. The predicted molar refractivity (Wildman–Crippen MR) is 110 cm³/mol. The van der Waals surface area contributed by atoms with Gasteiger partial charge in [-0.2, -0.15) is 0 Å². The molecule has 1 aromatic carbocycles. The summed E-state index contributed by atoms with van der Waals surface area (Å²) in [6, 6.07) is 7.50. The highest BCUT2D eigenvalue weighted by Gasteiger charge is 2.32. The van der Waals surface area contributed by atoms with E-state index in [-0.39, 0.29) is 0 Å². The van der Waals surface area contributed by atoms with Crippen molar-refractivity contribution in [3.8, 4) is 5.75 Å². The van der Waals surface area contributed by atoms with Crippen LogP contribution in [0.2, 0.25) is 5.02 Å². The summed E-state index contributed by atoms with van der Waals surface area (Å²) >= 11 is 11.5. The van der Waals surface area contributed by atoms with Gasteiger partial charge in [0, 0.05) is 10.9 Å². The van der Waals surface area contributed by atoms with E-state index in [1.807, 2.05) is 24.3 Å². The molecule has 138 valence electrons. The van der Waals surface area contributed by atoms with E-state index in [2.05, 4.69) is 6.92 Å². The molecule has 1 nitrogen and oxygen atoms in total. The van der Waals surface area contributed by atoms with Gasteiger partial charge in [0.2, 0.25) is 0 Å². The second-order valence-corrected chi connectivity index (χ2v) is 8.90. The van der Waals surface area contributed by atoms with E-state index in [9.17, 15) is 0 Å². The minimum Gasteiger partial charge on any atom is -0.450 e. The van der Waals surface area contributed by atoms with E-state index in [4.69, 9.17) is 28.6 Å². The number of benzene rings is 1. The zero-order valence-corrected chi connectivity index (χ0v) is 17.0. The summed E-state index contributed by atoms with van der Waals surface area (Å²) in [5, 5.41) is 1.50. The van der Waals surface area contributed by atoms with Crippen LogP contribution in [0.1, 0.15) is 71.1 Å². The summed E-state index contributed by atoms with van der Waals surface area (Å²) in [5.74, 6) is 4.17. The molecule has 2 saturated carbocycles. The molecule has 2 fully saturated rings. The second-order valence-electron chi connectivity index (χ2n) is 8.06. The topological polar surface area (TPSA) is 9.23 Å². The van der Waals surface area contributed by atoms with Crippen LogP contribution in [-0.2, 0) is 0 Å². The van der Waals surface area contributed by atoms with Gasteiger partial charge in [-0.1, -0.05) is 44.2 Å². The first-order chi connectivity index (χ1) is 12.2. The Bertz CT molecular complexity index is 540. The van der Waals surface area contributed by atoms with Gasteiger partial charge in [0.15, 0.2) is 5.05 Å². The number of hydrogen-bond acceptors (Lipinski definition) is 2. The van der Waals surface area contributed by atoms with Crippen LogP contribution < -0.4 is 4.74 Å². The SMILES string of the molecule is CCCC1CCC(C2CCC(C(=S)Oc3ccc(Cl)cc3)CC2)CC1. The van der Waals surface area contributed by atoms with Gasteiger partial charge in [-0.3, -0.25) is 0 Å². The maximum absolute atomic E-state index is 5.92. The Morgan fingerprint density at radius 3 is 2.08 bits per heavy atom. The Labute approximate surface area is 163 Å². The molecule has 0 heterocycles. The maximum atomic E-state index is 5.92. The van der Waals surface area contributed by atoms with E-state index >= 15 is 0 Å². The lowest BCUT2D eigenvalue weighted by Crippen LogP contribution is -2.29. The van der Waals surface area contributed by atoms with E-state index < -0.39 is 0 Å². The minimum atomic E-state index is 0.443. The van der Waals surface area contributed by atoms with Gasteiger partial charge in [0.05, 0.1) is 0 Å². The quantitative estimate of drug-likeness (QED) is 0.491. The molecule has 0 atom stereocenters. The minimum absolute atomic E-state index is 0.443. The third kappa shape index (κ3) is 5.44. The molecule has 0 saturated heterocycles. The van der Waals surface area contributed by atoms with Crippen molar-refractivity contribution in [2.24, 2.45) is 23.7 Å². The van der Waals surface area contributed by atoms with Gasteiger partial charge >= 0.3 is 0 Å².